The molecule has 1 fully saturated rings. The van der Waals surface area contributed by atoms with E-state index in [1.165, 1.54) is 24.9 Å². The van der Waals surface area contributed by atoms with E-state index < -0.39 is 0 Å². The summed E-state index contributed by atoms with van der Waals surface area (Å²) in [4.78, 5) is 11.3. The second-order valence-corrected chi connectivity index (χ2v) is 5.60. The van der Waals surface area contributed by atoms with Gasteiger partial charge in [0, 0.05) is 31.1 Å². The van der Waals surface area contributed by atoms with Gasteiger partial charge in [-0.2, -0.15) is 0 Å². The highest BCUT2D eigenvalue weighted by Crippen LogP contribution is 2.21. The van der Waals surface area contributed by atoms with E-state index >= 15 is 0 Å². The van der Waals surface area contributed by atoms with Gasteiger partial charge in [0.05, 0.1) is 11.7 Å². The summed E-state index contributed by atoms with van der Waals surface area (Å²) in [5, 5.41) is 0. The zero-order valence-electron chi connectivity index (χ0n) is 11.2. The van der Waals surface area contributed by atoms with Crippen molar-refractivity contribution in [3.8, 4) is 0 Å². The molecule has 1 aliphatic rings. The molecule has 2 aromatic rings. The number of aryl methyl sites for hydroxylation is 1. The molecule has 2 aromatic heterocycles. The first-order chi connectivity index (χ1) is 9.29. The Morgan fingerprint density at radius 3 is 3.11 bits per heavy atom. The van der Waals surface area contributed by atoms with Crippen molar-refractivity contribution in [2.45, 2.75) is 31.8 Å². The number of nitrogens with zero attached hydrogens (tertiary/aromatic N) is 4. The summed E-state index contributed by atoms with van der Waals surface area (Å²) >= 11 is 5.90. The normalized spacial score (nSPS) is 20.4. The molecule has 0 N–H and O–H groups in total. The number of likely N-dealkylation sites (N-methyl/N-ethyl adjacent to an activating group) is 1. The SMILES string of the molecule is CN1CCCC1Cn1c(CCCl)nc2cnccc21. The van der Waals surface area contributed by atoms with Crippen molar-refractivity contribution in [2.24, 2.45) is 0 Å². The molecule has 19 heavy (non-hydrogen) atoms. The fraction of sp³-hybridized carbons (Fsp3) is 0.571. The molecule has 0 amide bonds. The second-order valence-electron chi connectivity index (χ2n) is 5.22. The number of fused-ring (bicyclic) bond motifs is 1. The van der Waals surface area contributed by atoms with Crippen LogP contribution in [0.5, 0.6) is 0 Å². The van der Waals surface area contributed by atoms with E-state index in [1.54, 1.807) is 0 Å². The van der Waals surface area contributed by atoms with Gasteiger partial charge < -0.3 is 9.47 Å². The highest BCUT2D eigenvalue weighted by atomic mass is 35.5. The Bertz CT molecular complexity index is 566. The van der Waals surface area contributed by atoms with Crippen molar-refractivity contribution < 1.29 is 0 Å². The van der Waals surface area contributed by atoms with Gasteiger partial charge in [0.15, 0.2) is 0 Å². The summed E-state index contributed by atoms with van der Waals surface area (Å²) in [6.45, 7) is 2.20. The number of halogens is 1. The first-order valence-corrected chi connectivity index (χ1v) is 7.38. The Balaban J connectivity index is 1.97. The molecule has 1 unspecified atom stereocenters. The lowest BCUT2D eigenvalue weighted by Gasteiger charge is -2.21. The summed E-state index contributed by atoms with van der Waals surface area (Å²) in [5.74, 6) is 1.69. The summed E-state index contributed by atoms with van der Waals surface area (Å²) in [7, 11) is 2.21. The Morgan fingerprint density at radius 2 is 2.37 bits per heavy atom. The maximum Gasteiger partial charge on any atom is 0.111 e. The Labute approximate surface area is 118 Å². The van der Waals surface area contributed by atoms with Gasteiger partial charge in [-0.15, -0.1) is 11.6 Å². The molecule has 3 rings (SSSR count). The molecule has 0 bridgehead atoms. The maximum atomic E-state index is 5.90. The lowest BCUT2D eigenvalue weighted by atomic mass is 10.2. The summed E-state index contributed by atoms with van der Waals surface area (Å²) in [5.41, 5.74) is 2.15. The van der Waals surface area contributed by atoms with Gasteiger partial charge in [-0.25, -0.2) is 4.98 Å². The second kappa shape index (κ2) is 5.47. The van der Waals surface area contributed by atoms with Crippen molar-refractivity contribution in [3.05, 3.63) is 24.3 Å². The van der Waals surface area contributed by atoms with Crippen LogP contribution in [0.2, 0.25) is 0 Å². The molecule has 1 aliphatic heterocycles. The van der Waals surface area contributed by atoms with Gasteiger partial charge in [-0.05, 0) is 32.5 Å². The van der Waals surface area contributed by atoms with Crippen LogP contribution in [0.15, 0.2) is 18.5 Å². The lowest BCUT2D eigenvalue weighted by molar-refractivity contribution is 0.282. The molecule has 5 heteroatoms. The van der Waals surface area contributed by atoms with Crippen LogP contribution in [0.3, 0.4) is 0 Å². The number of imidazole rings is 1. The maximum absolute atomic E-state index is 5.90. The Morgan fingerprint density at radius 1 is 1.47 bits per heavy atom. The third kappa shape index (κ3) is 2.47. The Hall–Kier alpha value is -1.13. The van der Waals surface area contributed by atoms with E-state index in [0.29, 0.717) is 11.9 Å². The van der Waals surface area contributed by atoms with Crippen LogP contribution >= 0.6 is 11.6 Å². The third-order valence-corrected chi connectivity index (χ3v) is 4.20. The summed E-state index contributed by atoms with van der Waals surface area (Å²) in [6.07, 6.45) is 7.04. The van der Waals surface area contributed by atoms with Crippen molar-refractivity contribution in [1.29, 1.82) is 0 Å². The first kappa shape index (κ1) is 12.9. The van der Waals surface area contributed by atoms with E-state index in [9.17, 15) is 0 Å². The van der Waals surface area contributed by atoms with Crippen molar-refractivity contribution in [2.75, 3.05) is 19.5 Å². The molecule has 0 aromatic carbocycles. The summed E-state index contributed by atoms with van der Waals surface area (Å²) < 4.78 is 2.33. The summed E-state index contributed by atoms with van der Waals surface area (Å²) in [6, 6.07) is 2.66. The number of likely N-dealkylation sites (tertiary alicyclic amines) is 1. The average Bonchev–Trinajstić information content (AvgIpc) is 2.96. The Kier molecular flexibility index (Phi) is 3.71. The average molecular weight is 279 g/mol. The van der Waals surface area contributed by atoms with E-state index in [2.05, 4.69) is 32.5 Å². The molecule has 102 valence electrons. The van der Waals surface area contributed by atoms with Crippen LogP contribution < -0.4 is 0 Å². The first-order valence-electron chi connectivity index (χ1n) is 6.85. The number of pyridine rings is 1. The van der Waals surface area contributed by atoms with Crippen LogP contribution in [0, 0.1) is 0 Å². The highest BCUT2D eigenvalue weighted by molar-refractivity contribution is 6.17. The van der Waals surface area contributed by atoms with E-state index in [0.717, 1.165) is 24.3 Å². The standard InChI is InChI=1S/C14H19ClN4/c1-18-8-2-3-11(18)10-19-13-5-7-16-9-12(13)17-14(19)4-6-15/h5,7,9,11H,2-4,6,8,10H2,1H3. The molecule has 3 heterocycles. The number of aromatic nitrogens is 3. The predicted octanol–water partition coefficient (Wildman–Crippen LogP) is 2.31. The van der Waals surface area contributed by atoms with Crippen LogP contribution in [0.4, 0.5) is 0 Å². The van der Waals surface area contributed by atoms with Crippen LogP contribution in [0.25, 0.3) is 11.0 Å². The third-order valence-electron chi connectivity index (χ3n) is 4.01. The number of alkyl halides is 1. The van der Waals surface area contributed by atoms with Gasteiger partial charge >= 0.3 is 0 Å². The van der Waals surface area contributed by atoms with Gasteiger partial charge in [0.25, 0.3) is 0 Å². The van der Waals surface area contributed by atoms with Crippen LogP contribution in [0.1, 0.15) is 18.7 Å². The number of rotatable bonds is 4. The number of hydrogen-bond donors (Lipinski definition) is 0. The quantitative estimate of drug-likeness (QED) is 0.805. The zero-order chi connectivity index (χ0) is 13.2. The minimum absolute atomic E-state index is 0.608. The van der Waals surface area contributed by atoms with Gasteiger partial charge in [0.1, 0.15) is 11.3 Å². The lowest BCUT2D eigenvalue weighted by Crippen LogP contribution is -2.29. The largest absolute Gasteiger partial charge is 0.326 e. The van der Waals surface area contributed by atoms with Gasteiger partial charge in [-0.1, -0.05) is 0 Å². The zero-order valence-corrected chi connectivity index (χ0v) is 12.0. The molecule has 0 radical (unpaired) electrons. The fourth-order valence-corrected chi connectivity index (χ4v) is 3.10. The van der Waals surface area contributed by atoms with Gasteiger partial charge in [-0.3, -0.25) is 4.98 Å². The molecule has 0 spiro atoms. The molecule has 1 atom stereocenters. The topological polar surface area (TPSA) is 34.0 Å². The molecule has 1 saturated heterocycles. The monoisotopic (exact) mass is 278 g/mol. The molecule has 0 aliphatic carbocycles. The smallest absolute Gasteiger partial charge is 0.111 e. The molecule has 4 nitrogen and oxygen atoms in total. The highest BCUT2D eigenvalue weighted by Gasteiger charge is 2.23. The molecular weight excluding hydrogens is 260 g/mol. The van der Waals surface area contributed by atoms with Gasteiger partial charge in [0.2, 0.25) is 0 Å². The fourth-order valence-electron chi connectivity index (χ4n) is 2.93. The van der Waals surface area contributed by atoms with Crippen LogP contribution in [-0.4, -0.2) is 44.9 Å². The van der Waals surface area contributed by atoms with E-state index in [1.807, 2.05) is 12.4 Å². The number of hydrogen-bond acceptors (Lipinski definition) is 3. The van der Waals surface area contributed by atoms with Crippen molar-refractivity contribution in [3.63, 3.8) is 0 Å². The minimum atomic E-state index is 0.608. The van der Waals surface area contributed by atoms with Crippen LogP contribution in [-0.2, 0) is 13.0 Å². The van der Waals surface area contributed by atoms with E-state index in [-0.39, 0.29) is 0 Å². The predicted molar refractivity (Wildman–Crippen MR) is 77.6 cm³/mol. The van der Waals surface area contributed by atoms with Crippen molar-refractivity contribution in [1.82, 2.24) is 19.4 Å². The van der Waals surface area contributed by atoms with Crippen molar-refractivity contribution >= 4 is 22.6 Å². The molecular formula is C14H19ClN4. The molecule has 0 saturated carbocycles. The minimum Gasteiger partial charge on any atom is -0.326 e. The van der Waals surface area contributed by atoms with E-state index in [4.69, 9.17) is 11.6 Å².